The maximum atomic E-state index is 12.1. The molecule has 222 valence electrons. The smallest absolute Gasteiger partial charge is 0.303 e. The van der Waals surface area contributed by atoms with Crippen molar-refractivity contribution in [2.75, 3.05) is 20.1 Å². The van der Waals surface area contributed by atoms with Crippen LogP contribution < -0.4 is 5.32 Å². The molecule has 1 fully saturated rings. The van der Waals surface area contributed by atoms with Gasteiger partial charge >= 0.3 is 5.97 Å². The van der Waals surface area contributed by atoms with Crippen molar-refractivity contribution >= 4 is 11.9 Å². The summed E-state index contributed by atoms with van der Waals surface area (Å²) >= 11 is 0. The lowest BCUT2D eigenvalue weighted by Gasteiger charge is -2.37. The molecular weight excluding hydrogens is 532 g/mol. The number of likely N-dealkylation sites (N-methyl/N-ethyl adjacent to an activating group) is 1. The second kappa shape index (κ2) is 15.4. The summed E-state index contributed by atoms with van der Waals surface area (Å²) in [5.41, 5.74) is 5.86. The van der Waals surface area contributed by atoms with Gasteiger partial charge in [0.15, 0.2) is 6.29 Å². The molecule has 42 heavy (non-hydrogen) atoms. The van der Waals surface area contributed by atoms with E-state index in [0.717, 1.165) is 52.9 Å². The van der Waals surface area contributed by atoms with Crippen LogP contribution in [0.2, 0.25) is 0 Å². The van der Waals surface area contributed by atoms with Gasteiger partial charge in [-0.1, -0.05) is 72.8 Å². The molecule has 1 aliphatic rings. The highest BCUT2D eigenvalue weighted by atomic mass is 16.7. The van der Waals surface area contributed by atoms with Gasteiger partial charge in [-0.3, -0.25) is 9.59 Å². The van der Waals surface area contributed by atoms with Crippen LogP contribution >= 0.6 is 0 Å². The predicted octanol–water partition coefficient (Wildman–Crippen LogP) is 5.38. The van der Waals surface area contributed by atoms with Crippen LogP contribution in [-0.2, 0) is 32.2 Å². The Morgan fingerprint density at radius 1 is 0.976 bits per heavy atom. The topological polar surface area (TPSA) is 108 Å². The third-order valence-electron chi connectivity index (χ3n) is 7.30. The van der Waals surface area contributed by atoms with Crippen LogP contribution in [0.15, 0.2) is 85.5 Å². The number of aliphatic hydroxyl groups is 1. The summed E-state index contributed by atoms with van der Waals surface area (Å²) < 4.78 is 12.9. The van der Waals surface area contributed by atoms with Crippen LogP contribution in [0, 0.1) is 0 Å². The van der Waals surface area contributed by atoms with Gasteiger partial charge in [0.2, 0.25) is 5.91 Å². The maximum Gasteiger partial charge on any atom is 0.303 e. The molecular formula is C34H40N2O6. The summed E-state index contributed by atoms with van der Waals surface area (Å²) in [5.74, 6) is -1.05. The van der Waals surface area contributed by atoms with Crippen molar-refractivity contribution in [2.45, 2.75) is 57.3 Å². The fraction of sp³-hybridized carbons (Fsp3) is 0.353. The molecule has 0 aromatic heterocycles. The number of carbonyl (C=O) groups excluding carboxylic acids is 1. The Bertz CT molecular complexity index is 1320. The molecule has 1 saturated heterocycles. The molecule has 1 heterocycles. The predicted molar refractivity (Wildman–Crippen MR) is 161 cm³/mol. The van der Waals surface area contributed by atoms with E-state index in [1.165, 1.54) is 0 Å². The third kappa shape index (κ3) is 9.09. The maximum absolute atomic E-state index is 12.1. The van der Waals surface area contributed by atoms with Crippen LogP contribution in [0.1, 0.15) is 60.3 Å². The number of amides is 1. The van der Waals surface area contributed by atoms with Gasteiger partial charge in [0.25, 0.3) is 0 Å². The number of aliphatic hydroxyl groups excluding tert-OH is 1. The standard InChI is InChI=1S/C34H40N2O6/c1-3-18-36(2)22-30-20-31(27-12-10-24(23-37)11-13-27)42-34(41-30)28-16-14-26(15-17-28)29-7-4-6-25(19-29)21-35-32(38)8-5-9-33(39)40/h3-4,6-7,10-17,19,30-31,34,37H,1,5,8-9,18,20-23H2,2H3,(H,35,38)(H,39,40)/t30-,31+,34+/m1/s1. The molecule has 3 aromatic rings. The highest BCUT2D eigenvalue weighted by molar-refractivity contribution is 5.76. The number of hydrogen-bond acceptors (Lipinski definition) is 6. The average molecular weight is 573 g/mol. The molecule has 0 bridgehead atoms. The number of aliphatic carboxylic acids is 1. The number of nitrogens with one attached hydrogen (secondary N) is 1. The molecule has 3 aromatic carbocycles. The number of hydrogen-bond donors (Lipinski definition) is 3. The molecule has 0 unspecified atom stereocenters. The molecule has 3 atom stereocenters. The summed E-state index contributed by atoms with van der Waals surface area (Å²) in [5, 5.41) is 21.0. The largest absolute Gasteiger partial charge is 0.481 e. The van der Waals surface area contributed by atoms with Crippen LogP contribution in [0.5, 0.6) is 0 Å². The van der Waals surface area contributed by atoms with E-state index in [9.17, 15) is 14.7 Å². The van der Waals surface area contributed by atoms with Gasteiger partial charge in [0, 0.05) is 44.5 Å². The number of carboxylic acid groups (broad SMARTS) is 1. The Morgan fingerprint density at radius 3 is 2.40 bits per heavy atom. The monoisotopic (exact) mass is 572 g/mol. The first-order valence-corrected chi connectivity index (χ1v) is 14.3. The first-order chi connectivity index (χ1) is 20.3. The molecule has 1 amide bonds. The van der Waals surface area contributed by atoms with Gasteiger partial charge < -0.3 is 29.9 Å². The fourth-order valence-corrected chi connectivity index (χ4v) is 5.06. The second-order valence-electron chi connectivity index (χ2n) is 10.7. The van der Waals surface area contributed by atoms with E-state index < -0.39 is 12.3 Å². The number of carboxylic acids is 1. The van der Waals surface area contributed by atoms with Crippen LogP contribution in [-0.4, -0.2) is 53.2 Å². The quantitative estimate of drug-likeness (QED) is 0.223. The highest BCUT2D eigenvalue weighted by Crippen LogP contribution is 2.38. The Balaban J connectivity index is 1.44. The summed E-state index contributed by atoms with van der Waals surface area (Å²) in [7, 11) is 2.05. The van der Waals surface area contributed by atoms with E-state index in [1.807, 2.05) is 85.9 Å². The first-order valence-electron chi connectivity index (χ1n) is 14.3. The molecule has 0 aliphatic carbocycles. The molecule has 4 rings (SSSR count). The van der Waals surface area contributed by atoms with Gasteiger partial charge in [-0.15, -0.1) is 6.58 Å². The van der Waals surface area contributed by atoms with Gasteiger partial charge in [0.1, 0.15) is 0 Å². The highest BCUT2D eigenvalue weighted by Gasteiger charge is 2.32. The van der Waals surface area contributed by atoms with Crippen molar-refractivity contribution in [2.24, 2.45) is 0 Å². The van der Waals surface area contributed by atoms with Crippen molar-refractivity contribution in [3.63, 3.8) is 0 Å². The minimum Gasteiger partial charge on any atom is -0.481 e. The summed E-state index contributed by atoms with van der Waals surface area (Å²) in [6, 6.07) is 24.0. The Morgan fingerprint density at radius 2 is 1.71 bits per heavy atom. The Hall–Kier alpha value is -3.82. The number of ether oxygens (including phenoxy) is 2. The zero-order valence-electron chi connectivity index (χ0n) is 24.1. The molecule has 0 spiro atoms. The number of carbonyl (C=O) groups is 2. The van der Waals surface area contributed by atoms with E-state index in [0.29, 0.717) is 13.0 Å². The van der Waals surface area contributed by atoms with E-state index in [1.54, 1.807) is 0 Å². The van der Waals surface area contributed by atoms with Crippen molar-refractivity contribution in [1.29, 1.82) is 0 Å². The van der Waals surface area contributed by atoms with Crippen LogP contribution in [0.25, 0.3) is 11.1 Å². The third-order valence-corrected chi connectivity index (χ3v) is 7.30. The van der Waals surface area contributed by atoms with E-state index in [-0.39, 0.29) is 37.6 Å². The Kier molecular flexibility index (Phi) is 11.4. The number of benzene rings is 3. The summed E-state index contributed by atoms with van der Waals surface area (Å²) in [4.78, 5) is 24.9. The molecule has 0 saturated carbocycles. The van der Waals surface area contributed by atoms with Crippen molar-refractivity contribution in [3.05, 3.63) is 108 Å². The van der Waals surface area contributed by atoms with E-state index in [4.69, 9.17) is 14.6 Å². The van der Waals surface area contributed by atoms with Gasteiger partial charge in [-0.2, -0.15) is 0 Å². The second-order valence-corrected chi connectivity index (χ2v) is 10.7. The number of nitrogens with zero attached hydrogens (tertiary/aromatic N) is 1. The lowest BCUT2D eigenvalue weighted by molar-refractivity contribution is -0.252. The average Bonchev–Trinajstić information content (AvgIpc) is 3.00. The van der Waals surface area contributed by atoms with E-state index >= 15 is 0 Å². The van der Waals surface area contributed by atoms with Crippen molar-refractivity contribution in [3.8, 4) is 11.1 Å². The minimum absolute atomic E-state index is 0.00496. The van der Waals surface area contributed by atoms with Crippen LogP contribution in [0.4, 0.5) is 0 Å². The normalized spacial score (nSPS) is 18.5. The SMILES string of the molecule is C=CCN(C)C[C@H]1C[C@@H](c2ccc(CO)cc2)O[C@@H](c2ccc(-c3cccc(CNC(=O)CCCC(=O)O)c3)cc2)O1. The molecule has 3 N–H and O–H groups in total. The van der Waals surface area contributed by atoms with Crippen molar-refractivity contribution < 1.29 is 29.3 Å². The molecule has 8 heteroatoms. The zero-order chi connectivity index (χ0) is 29.9. The zero-order valence-corrected chi connectivity index (χ0v) is 24.1. The molecule has 8 nitrogen and oxygen atoms in total. The summed E-state index contributed by atoms with van der Waals surface area (Å²) in [6.45, 7) is 5.74. The van der Waals surface area contributed by atoms with Crippen LogP contribution in [0.3, 0.4) is 0 Å². The summed E-state index contributed by atoms with van der Waals surface area (Å²) in [6.07, 6.45) is 2.40. The lowest BCUT2D eigenvalue weighted by atomic mass is 9.99. The van der Waals surface area contributed by atoms with Crippen molar-refractivity contribution in [1.82, 2.24) is 10.2 Å². The minimum atomic E-state index is -0.896. The fourth-order valence-electron chi connectivity index (χ4n) is 5.06. The van der Waals surface area contributed by atoms with Gasteiger partial charge in [-0.05, 0) is 47.4 Å². The molecule has 0 radical (unpaired) electrons. The number of rotatable bonds is 14. The lowest BCUT2D eigenvalue weighted by Crippen LogP contribution is -2.37. The van der Waals surface area contributed by atoms with Gasteiger partial charge in [0.05, 0.1) is 18.8 Å². The molecule has 1 aliphatic heterocycles. The first kappa shape index (κ1) is 31.1. The van der Waals surface area contributed by atoms with Gasteiger partial charge in [-0.25, -0.2) is 0 Å². The Labute approximate surface area is 247 Å². The van der Waals surface area contributed by atoms with E-state index in [2.05, 4.69) is 16.8 Å².